The van der Waals surface area contributed by atoms with Crippen LogP contribution in [0, 0.1) is 0 Å². The molecule has 1 atom stereocenters. The predicted molar refractivity (Wildman–Crippen MR) is 56.1 cm³/mol. The number of nitrogens with one attached hydrogen (secondary N) is 2. The fourth-order valence-corrected chi connectivity index (χ4v) is 1.47. The van der Waals surface area contributed by atoms with Crippen molar-refractivity contribution in [2.45, 2.75) is 13.0 Å². The maximum absolute atomic E-state index is 4.24. The van der Waals surface area contributed by atoms with Crippen molar-refractivity contribution >= 4 is 0 Å². The van der Waals surface area contributed by atoms with Gasteiger partial charge in [0.25, 0.3) is 0 Å². The molecule has 2 N–H and O–H groups in total. The SMILES string of the molecule is CCNC(c1cncnc1)c1ncc[nH]1. The first kappa shape index (κ1) is 9.79. The summed E-state index contributed by atoms with van der Waals surface area (Å²) in [6, 6.07) is 0.0335. The first-order chi connectivity index (χ1) is 7.42. The number of hydrogen-bond acceptors (Lipinski definition) is 4. The largest absolute Gasteiger partial charge is 0.347 e. The Morgan fingerprint density at radius 1 is 1.40 bits per heavy atom. The van der Waals surface area contributed by atoms with Crippen molar-refractivity contribution < 1.29 is 0 Å². The topological polar surface area (TPSA) is 66.5 Å². The zero-order valence-corrected chi connectivity index (χ0v) is 8.51. The molecule has 0 aliphatic rings. The molecule has 0 spiro atoms. The van der Waals surface area contributed by atoms with Gasteiger partial charge in [-0.15, -0.1) is 0 Å². The van der Waals surface area contributed by atoms with Gasteiger partial charge in [0.05, 0.1) is 6.04 Å². The number of hydrogen-bond donors (Lipinski definition) is 2. The summed E-state index contributed by atoms with van der Waals surface area (Å²) >= 11 is 0. The molecule has 5 heteroatoms. The Morgan fingerprint density at radius 3 is 2.80 bits per heavy atom. The zero-order chi connectivity index (χ0) is 10.5. The molecule has 0 aliphatic carbocycles. The van der Waals surface area contributed by atoms with Gasteiger partial charge in [0.1, 0.15) is 12.2 Å². The van der Waals surface area contributed by atoms with Gasteiger partial charge < -0.3 is 10.3 Å². The molecule has 0 fully saturated rings. The van der Waals surface area contributed by atoms with E-state index >= 15 is 0 Å². The van der Waals surface area contributed by atoms with Gasteiger partial charge in [-0.1, -0.05) is 6.92 Å². The van der Waals surface area contributed by atoms with Crippen LogP contribution in [-0.2, 0) is 0 Å². The molecular weight excluding hydrogens is 190 g/mol. The van der Waals surface area contributed by atoms with Crippen LogP contribution >= 0.6 is 0 Å². The Kier molecular flexibility index (Phi) is 3.04. The second kappa shape index (κ2) is 4.65. The Balaban J connectivity index is 2.28. The molecule has 0 radical (unpaired) electrons. The lowest BCUT2D eigenvalue weighted by atomic mass is 10.1. The molecule has 2 aromatic rings. The minimum atomic E-state index is 0.0335. The lowest BCUT2D eigenvalue weighted by Gasteiger charge is -2.14. The van der Waals surface area contributed by atoms with Gasteiger partial charge >= 0.3 is 0 Å². The zero-order valence-electron chi connectivity index (χ0n) is 8.51. The van der Waals surface area contributed by atoms with Crippen LogP contribution in [-0.4, -0.2) is 26.5 Å². The standard InChI is InChI=1S/C10H13N5/c1-2-13-9(10-14-3-4-15-10)8-5-11-7-12-6-8/h3-7,9,13H,2H2,1H3,(H,14,15). The summed E-state index contributed by atoms with van der Waals surface area (Å²) in [6.07, 6.45) is 8.66. The lowest BCUT2D eigenvalue weighted by molar-refractivity contribution is 0.599. The number of rotatable bonds is 4. The quantitative estimate of drug-likeness (QED) is 0.774. The molecule has 2 rings (SSSR count). The van der Waals surface area contributed by atoms with E-state index in [1.165, 1.54) is 6.33 Å². The lowest BCUT2D eigenvalue weighted by Crippen LogP contribution is -2.23. The van der Waals surface area contributed by atoms with Gasteiger partial charge in [-0.3, -0.25) is 0 Å². The minimum Gasteiger partial charge on any atom is -0.347 e. The van der Waals surface area contributed by atoms with Gasteiger partial charge in [0.2, 0.25) is 0 Å². The average molecular weight is 203 g/mol. The fraction of sp³-hybridized carbons (Fsp3) is 0.300. The van der Waals surface area contributed by atoms with Crippen LogP contribution in [0.4, 0.5) is 0 Å². The highest BCUT2D eigenvalue weighted by atomic mass is 15.0. The van der Waals surface area contributed by atoms with Crippen LogP contribution in [0.2, 0.25) is 0 Å². The van der Waals surface area contributed by atoms with Crippen LogP contribution in [0.25, 0.3) is 0 Å². The maximum Gasteiger partial charge on any atom is 0.127 e. The van der Waals surface area contributed by atoms with Gasteiger partial charge in [-0.25, -0.2) is 15.0 Å². The Bertz CT molecular complexity index is 383. The van der Waals surface area contributed by atoms with E-state index in [4.69, 9.17) is 0 Å². The molecule has 15 heavy (non-hydrogen) atoms. The van der Waals surface area contributed by atoms with Crippen molar-refractivity contribution in [1.29, 1.82) is 0 Å². The van der Waals surface area contributed by atoms with E-state index in [2.05, 4.69) is 32.2 Å². The molecule has 0 amide bonds. The van der Waals surface area contributed by atoms with Crippen molar-refractivity contribution in [3.05, 3.63) is 42.5 Å². The van der Waals surface area contributed by atoms with Crippen molar-refractivity contribution in [2.24, 2.45) is 0 Å². The monoisotopic (exact) mass is 203 g/mol. The molecular formula is C10H13N5. The number of nitrogens with zero attached hydrogens (tertiary/aromatic N) is 3. The van der Waals surface area contributed by atoms with E-state index in [0.717, 1.165) is 17.9 Å². The number of imidazole rings is 1. The third-order valence-corrected chi connectivity index (χ3v) is 2.11. The molecule has 0 aromatic carbocycles. The van der Waals surface area contributed by atoms with Crippen LogP contribution in [0.3, 0.4) is 0 Å². The molecule has 0 bridgehead atoms. The van der Waals surface area contributed by atoms with Crippen molar-refractivity contribution in [2.75, 3.05) is 6.54 Å². The first-order valence-corrected chi connectivity index (χ1v) is 4.89. The summed E-state index contributed by atoms with van der Waals surface area (Å²) in [7, 11) is 0. The third-order valence-electron chi connectivity index (χ3n) is 2.11. The summed E-state index contributed by atoms with van der Waals surface area (Å²) in [5.74, 6) is 0.881. The van der Waals surface area contributed by atoms with Gasteiger partial charge in [0, 0.05) is 30.4 Å². The van der Waals surface area contributed by atoms with Crippen molar-refractivity contribution in [3.8, 4) is 0 Å². The summed E-state index contributed by atoms with van der Waals surface area (Å²) in [5, 5.41) is 3.33. The van der Waals surface area contributed by atoms with E-state index in [1.807, 2.05) is 6.20 Å². The highest BCUT2D eigenvalue weighted by molar-refractivity contribution is 5.18. The number of aromatic nitrogens is 4. The number of H-pyrrole nitrogens is 1. The highest BCUT2D eigenvalue weighted by Crippen LogP contribution is 2.16. The smallest absolute Gasteiger partial charge is 0.127 e. The second-order valence-corrected chi connectivity index (χ2v) is 3.14. The predicted octanol–water partition coefficient (Wildman–Crippen LogP) is 0.899. The van der Waals surface area contributed by atoms with Gasteiger partial charge in [0.15, 0.2) is 0 Å². The molecule has 0 aliphatic heterocycles. The summed E-state index contributed by atoms with van der Waals surface area (Å²) in [4.78, 5) is 15.3. The molecule has 2 heterocycles. The van der Waals surface area contributed by atoms with E-state index in [-0.39, 0.29) is 6.04 Å². The van der Waals surface area contributed by atoms with Crippen LogP contribution in [0.15, 0.2) is 31.1 Å². The third kappa shape index (κ3) is 2.19. The van der Waals surface area contributed by atoms with Crippen molar-refractivity contribution in [3.63, 3.8) is 0 Å². The van der Waals surface area contributed by atoms with Crippen LogP contribution < -0.4 is 5.32 Å². The summed E-state index contributed by atoms with van der Waals surface area (Å²) < 4.78 is 0. The normalized spacial score (nSPS) is 12.6. The molecule has 2 aromatic heterocycles. The van der Waals surface area contributed by atoms with E-state index in [1.54, 1.807) is 18.6 Å². The van der Waals surface area contributed by atoms with Crippen LogP contribution in [0.5, 0.6) is 0 Å². The molecule has 5 nitrogen and oxygen atoms in total. The molecule has 0 saturated heterocycles. The highest BCUT2D eigenvalue weighted by Gasteiger charge is 2.15. The van der Waals surface area contributed by atoms with Gasteiger partial charge in [-0.05, 0) is 6.54 Å². The number of aromatic amines is 1. The Hall–Kier alpha value is -1.75. The summed E-state index contributed by atoms with van der Waals surface area (Å²) in [6.45, 7) is 2.92. The van der Waals surface area contributed by atoms with Crippen LogP contribution in [0.1, 0.15) is 24.4 Å². The first-order valence-electron chi connectivity index (χ1n) is 4.89. The fourth-order valence-electron chi connectivity index (χ4n) is 1.47. The maximum atomic E-state index is 4.24. The van der Waals surface area contributed by atoms with E-state index < -0.39 is 0 Å². The second-order valence-electron chi connectivity index (χ2n) is 3.14. The average Bonchev–Trinajstić information content (AvgIpc) is 2.80. The van der Waals surface area contributed by atoms with Crippen molar-refractivity contribution in [1.82, 2.24) is 25.3 Å². The minimum absolute atomic E-state index is 0.0335. The Morgan fingerprint density at radius 2 is 2.20 bits per heavy atom. The molecule has 0 saturated carbocycles. The Labute approximate surface area is 88.0 Å². The summed E-state index contributed by atoms with van der Waals surface area (Å²) in [5.41, 5.74) is 1.01. The van der Waals surface area contributed by atoms with E-state index in [0.29, 0.717) is 0 Å². The van der Waals surface area contributed by atoms with Gasteiger partial charge in [-0.2, -0.15) is 0 Å². The molecule has 1 unspecified atom stereocenters. The van der Waals surface area contributed by atoms with E-state index in [9.17, 15) is 0 Å². The molecule has 78 valence electrons.